The van der Waals surface area contributed by atoms with Gasteiger partial charge in [0.05, 0.1) is 12.3 Å². The number of hydrogen-bond acceptors (Lipinski definition) is 4. The van der Waals surface area contributed by atoms with Gasteiger partial charge in [0.25, 0.3) is 5.91 Å². The minimum Gasteiger partial charge on any atom is -0.459 e. The summed E-state index contributed by atoms with van der Waals surface area (Å²) in [6, 6.07) is 15.9. The summed E-state index contributed by atoms with van der Waals surface area (Å²) in [5, 5.41) is 2.87. The predicted molar refractivity (Wildman–Crippen MR) is 113 cm³/mol. The average Bonchev–Trinajstić information content (AvgIpc) is 3.35. The van der Waals surface area contributed by atoms with Crippen molar-refractivity contribution in [3.8, 4) is 0 Å². The van der Waals surface area contributed by atoms with Gasteiger partial charge in [0.15, 0.2) is 5.76 Å². The first-order chi connectivity index (χ1) is 14.7. The van der Waals surface area contributed by atoms with Gasteiger partial charge in [-0.1, -0.05) is 48.6 Å². The Bertz CT molecular complexity index is 1000. The highest BCUT2D eigenvalue weighted by atomic mass is 16.3. The van der Waals surface area contributed by atoms with Crippen LogP contribution in [0.25, 0.3) is 0 Å². The molecule has 0 saturated heterocycles. The minimum absolute atomic E-state index is 0.116. The number of rotatable bonds is 6. The van der Waals surface area contributed by atoms with Gasteiger partial charge in [0.1, 0.15) is 6.04 Å². The molecular formula is C24H23N3O3. The third-order valence-corrected chi connectivity index (χ3v) is 5.19. The highest BCUT2D eigenvalue weighted by Gasteiger charge is 2.32. The van der Waals surface area contributed by atoms with Crippen molar-refractivity contribution in [1.29, 1.82) is 0 Å². The van der Waals surface area contributed by atoms with Crippen molar-refractivity contribution in [2.24, 2.45) is 0 Å². The molecule has 6 heteroatoms. The fourth-order valence-electron chi connectivity index (χ4n) is 3.69. The maximum absolute atomic E-state index is 13.6. The van der Waals surface area contributed by atoms with Crippen molar-refractivity contribution in [1.82, 2.24) is 15.2 Å². The van der Waals surface area contributed by atoms with Crippen LogP contribution in [0.2, 0.25) is 0 Å². The molecule has 4 rings (SSSR count). The zero-order valence-electron chi connectivity index (χ0n) is 16.5. The Balaban J connectivity index is 1.60. The van der Waals surface area contributed by atoms with Crippen molar-refractivity contribution in [3.05, 3.63) is 102 Å². The van der Waals surface area contributed by atoms with Crippen LogP contribution in [0.3, 0.4) is 0 Å². The van der Waals surface area contributed by atoms with Crippen molar-refractivity contribution in [2.45, 2.75) is 24.9 Å². The summed E-state index contributed by atoms with van der Waals surface area (Å²) in [5.41, 5.74) is 1.95. The average molecular weight is 401 g/mol. The Labute approximate surface area is 175 Å². The van der Waals surface area contributed by atoms with E-state index in [2.05, 4.69) is 16.4 Å². The van der Waals surface area contributed by atoms with Crippen LogP contribution in [0.15, 0.2) is 89.8 Å². The number of benzene rings is 1. The number of nitrogens with zero attached hydrogens (tertiary/aromatic N) is 2. The van der Waals surface area contributed by atoms with E-state index < -0.39 is 11.9 Å². The van der Waals surface area contributed by atoms with Gasteiger partial charge in [-0.05, 0) is 35.7 Å². The molecule has 1 aliphatic heterocycles. The van der Waals surface area contributed by atoms with Crippen LogP contribution in [0.1, 0.15) is 34.1 Å². The predicted octanol–water partition coefficient (Wildman–Crippen LogP) is 3.55. The first kappa shape index (κ1) is 19.6. The Kier molecular flexibility index (Phi) is 6.03. The molecule has 0 radical (unpaired) electrons. The Morgan fingerprint density at radius 1 is 1.10 bits per heavy atom. The van der Waals surface area contributed by atoms with Crippen LogP contribution >= 0.6 is 0 Å². The molecule has 0 bridgehead atoms. The number of amides is 2. The van der Waals surface area contributed by atoms with Crippen LogP contribution in [0, 0.1) is 0 Å². The first-order valence-corrected chi connectivity index (χ1v) is 9.96. The van der Waals surface area contributed by atoms with E-state index in [4.69, 9.17) is 4.42 Å². The fourth-order valence-corrected chi connectivity index (χ4v) is 3.69. The molecule has 3 heterocycles. The van der Waals surface area contributed by atoms with Crippen LogP contribution in [0.4, 0.5) is 0 Å². The molecule has 1 aliphatic rings. The molecule has 30 heavy (non-hydrogen) atoms. The second-order valence-corrected chi connectivity index (χ2v) is 7.19. The monoisotopic (exact) mass is 401 g/mol. The summed E-state index contributed by atoms with van der Waals surface area (Å²) >= 11 is 0. The number of carbonyl (C=O) groups is 2. The Morgan fingerprint density at radius 3 is 2.70 bits per heavy atom. The zero-order chi connectivity index (χ0) is 20.8. The van der Waals surface area contributed by atoms with E-state index in [1.807, 2.05) is 53.4 Å². The SMILES string of the molecule is O=C(N[C@@H](Cc1ccccc1)C(=O)N1CC=CCC1c1cccnc1)c1ccco1. The normalized spacial score (nSPS) is 16.8. The highest BCUT2D eigenvalue weighted by molar-refractivity contribution is 5.95. The molecule has 0 spiro atoms. The topological polar surface area (TPSA) is 75.4 Å². The lowest BCUT2D eigenvalue weighted by atomic mass is 9.97. The molecule has 152 valence electrons. The molecule has 0 saturated carbocycles. The summed E-state index contributed by atoms with van der Waals surface area (Å²) in [6.45, 7) is 0.486. The van der Waals surface area contributed by atoms with E-state index in [0.717, 1.165) is 11.1 Å². The van der Waals surface area contributed by atoms with Gasteiger partial charge in [-0.15, -0.1) is 0 Å². The number of nitrogens with one attached hydrogen (secondary N) is 1. The molecule has 3 aromatic rings. The van der Waals surface area contributed by atoms with Gasteiger partial charge in [-0.2, -0.15) is 0 Å². The molecule has 0 aliphatic carbocycles. The molecule has 1 N–H and O–H groups in total. The van der Waals surface area contributed by atoms with Gasteiger partial charge in [0.2, 0.25) is 5.91 Å². The maximum atomic E-state index is 13.6. The highest BCUT2D eigenvalue weighted by Crippen LogP contribution is 2.28. The Morgan fingerprint density at radius 2 is 1.97 bits per heavy atom. The fraction of sp³-hybridized carbons (Fsp3) is 0.208. The molecule has 2 amide bonds. The second-order valence-electron chi connectivity index (χ2n) is 7.19. The number of carbonyl (C=O) groups excluding carboxylic acids is 2. The quantitative estimate of drug-likeness (QED) is 0.641. The molecular weight excluding hydrogens is 378 g/mol. The third kappa shape index (κ3) is 4.49. The van der Waals surface area contributed by atoms with Crippen molar-refractivity contribution in [2.75, 3.05) is 6.54 Å². The molecule has 6 nitrogen and oxygen atoms in total. The second kappa shape index (κ2) is 9.22. The molecule has 1 aromatic carbocycles. The maximum Gasteiger partial charge on any atom is 0.287 e. The van der Waals surface area contributed by atoms with Crippen LogP contribution in [0.5, 0.6) is 0 Å². The molecule has 2 aromatic heterocycles. The largest absolute Gasteiger partial charge is 0.459 e. The number of hydrogen-bond donors (Lipinski definition) is 1. The summed E-state index contributed by atoms with van der Waals surface area (Å²) in [4.78, 5) is 32.3. The lowest BCUT2D eigenvalue weighted by molar-refractivity contribution is -0.135. The van der Waals surface area contributed by atoms with E-state index in [1.54, 1.807) is 24.5 Å². The molecule has 2 atom stereocenters. The van der Waals surface area contributed by atoms with E-state index in [0.29, 0.717) is 19.4 Å². The van der Waals surface area contributed by atoms with Crippen molar-refractivity contribution in [3.63, 3.8) is 0 Å². The van der Waals surface area contributed by atoms with Gasteiger partial charge >= 0.3 is 0 Å². The van der Waals surface area contributed by atoms with E-state index >= 15 is 0 Å². The lowest BCUT2D eigenvalue weighted by Crippen LogP contribution is -2.51. The Hall–Kier alpha value is -3.67. The van der Waals surface area contributed by atoms with Crippen molar-refractivity contribution >= 4 is 11.8 Å². The summed E-state index contributed by atoms with van der Waals surface area (Å²) in [6.07, 6.45) is 10.1. The summed E-state index contributed by atoms with van der Waals surface area (Å²) in [7, 11) is 0. The first-order valence-electron chi connectivity index (χ1n) is 9.96. The van der Waals surface area contributed by atoms with Gasteiger partial charge < -0.3 is 14.6 Å². The molecule has 0 fully saturated rings. The van der Waals surface area contributed by atoms with E-state index in [9.17, 15) is 9.59 Å². The summed E-state index contributed by atoms with van der Waals surface area (Å²) < 4.78 is 5.21. The smallest absolute Gasteiger partial charge is 0.287 e. The standard InChI is InChI=1S/C24H23N3O3/c28-23(22-12-7-15-30-22)26-20(16-18-8-2-1-3-9-18)24(29)27-14-5-4-11-21(27)19-10-6-13-25-17-19/h1-10,12-13,15,17,20-21H,11,14,16H2,(H,26,28)/t20-,21?/m0/s1. The van der Waals surface area contributed by atoms with Crippen LogP contribution < -0.4 is 5.32 Å². The van der Waals surface area contributed by atoms with Crippen LogP contribution in [-0.2, 0) is 11.2 Å². The number of furan rings is 1. The van der Waals surface area contributed by atoms with Gasteiger partial charge in [-0.25, -0.2) is 0 Å². The summed E-state index contributed by atoms with van der Waals surface area (Å²) in [5.74, 6) is -0.347. The minimum atomic E-state index is -0.712. The zero-order valence-corrected chi connectivity index (χ0v) is 16.5. The van der Waals surface area contributed by atoms with Crippen LogP contribution in [-0.4, -0.2) is 34.3 Å². The molecule has 1 unspecified atom stereocenters. The number of aromatic nitrogens is 1. The third-order valence-electron chi connectivity index (χ3n) is 5.19. The van der Waals surface area contributed by atoms with Gasteiger partial charge in [-0.3, -0.25) is 14.6 Å². The van der Waals surface area contributed by atoms with Crippen molar-refractivity contribution < 1.29 is 14.0 Å². The van der Waals surface area contributed by atoms with E-state index in [1.165, 1.54) is 6.26 Å². The lowest BCUT2D eigenvalue weighted by Gasteiger charge is -2.36. The van der Waals surface area contributed by atoms with E-state index in [-0.39, 0.29) is 17.7 Å². The number of pyridine rings is 1. The van der Waals surface area contributed by atoms with Gasteiger partial charge in [0, 0.05) is 25.4 Å².